The van der Waals surface area contributed by atoms with Crippen LogP contribution < -0.4 is 10.1 Å². The molecule has 18 heavy (non-hydrogen) atoms. The van der Waals surface area contributed by atoms with Crippen molar-refractivity contribution in [1.29, 1.82) is 0 Å². The SMILES string of the molecule is COc1ccc(CN(C)CC(=O)NC2CC2)cc1. The van der Waals surface area contributed by atoms with Crippen molar-refractivity contribution in [2.45, 2.75) is 25.4 Å². The van der Waals surface area contributed by atoms with E-state index in [9.17, 15) is 4.79 Å². The number of hydrogen-bond donors (Lipinski definition) is 1. The second-order valence-electron chi connectivity index (χ2n) is 4.86. The van der Waals surface area contributed by atoms with E-state index in [2.05, 4.69) is 5.32 Å². The molecule has 0 atom stereocenters. The molecular formula is C14H20N2O2. The molecule has 1 fully saturated rings. The van der Waals surface area contributed by atoms with Gasteiger partial charge in [0.05, 0.1) is 13.7 Å². The van der Waals surface area contributed by atoms with Crippen LogP contribution in [0.4, 0.5) is 0 Å². The molecule has 0 heterocycles. The Morgan fingerprint density at radius 1 is 1.39 bits per heavy atom. The fourth-order valence-electron chi connectivity index (χ4n) is 1.84. The van der Waals surface area contributed by atoms with Gasteiger partial charge < -0.3 is 10.1 Å². The minimum Gasteiger partial charge on any atom is -0.497 e. The lowest BCUT2D eigenvalue weighted by Gasteiger charge is -2.16. The van der Waals surface area contributed by atoms with Crippen molar-refractivity contribution in [3.63, 3.8) is 0 Å². The van der Waals surface area contributed by atoms with Crippen molar-refractivity contribution in [3.8, 4) is 5.75 Å². The number of amides is 1. The molecule has 1 aliphatic carbocycles. The monoisotopic (exact) mass is 248 g/mol. The summed E-state index contributed by atoms with van der Waals surface area (Å²) < 4.78 is 5.11. The molecule has 4 heteroatoms. The van der Waals surface area contributed by atoms with E-state index in [4.69, 9.17) is 4.74 Å². The summed E-state index contributed by atoms with van der Waals surface area (Å²) in [6.07, 6.45) is 2.27. The quantitative estimate of drug-likeness (QED) is 0.827. The van der Waals surface area contributed by atoms with Crippen LogP contribution in [-0.4, -0.2) is 37.6 Å². The first-order valence-corrected chi connectivity index (χ1v) is 6.28. The van der Waals surface area contributed by atoms with E-state index in [1.165, 1.54) is 5.56 Å². The Morgan fingerprint density at radius 3 is 2.61 bits per heavy atom. The third-order valence-corrected chi connectivity index (χ3v) is 2.97. The van der Waals surface area contributed by atoms with Gasteiger partial charge in [-0.1, -0.05) is 12.1 Å². The summed E-state index contributed by atoms with van der Waals surface area (Å²) in [5.41, 5.74) is 1.18. The summed E-state index contributed by atoms with van der Waals surface area (Å²) in [6.45, 7) is 1.21. The molecule has 1 amide bonds. The van der Waals surface area contributed by atoms with Gasteiger partial charge in [0.1, 0.15) is 5.75 Å². The lowest BCUT2D eigenvalue weighted by atomic mass is 10.2. The average molecular weight is 248 g/mol. The topological polar surface area (TPSA) is 41.6 Å². The molecule has 0 aliphatic heterocycles. The van der Waals surface area contributed by atoms with Gasteiger partial charge >= 0.3 is 0 Å². The Kier molecular flexibility index (Phi) is 4.20. The molecule has 98 valence electrons. The Bertz CT molecular complexity index is 399. The van der Waals surface area contributed by atoms with Crippen LogP contribution in [0.15, 0.2) is 24.3 Å². The number of rotatable bonds is 6. The van der Waals surface area contributed by atoms with E-state index >= 15 is 0 Å². The number of likely N-dealkylation sites (N-methyl/N-ethyl adjacent to an activating group) is 1. The van der Waals surface area contributed by atoms with Crippen molar-refractivity contribution in [2.75, 3.05) is 20.7 Å². The minimum absolute atomic E-state index is 0.119. The number of methoxy groups -OCH3 is 1. The van der Waals surface area contributed by atoms with Crippen LogP contribution in [0, 0.1) is 0 Å². The van der Waals surface area contributed by atoms with E-state index < -0.39 is 0 Å². The van der Waals surface area contributed by atoms with Gasteiger partial charge in [0, 0.05) is 12.6 Å². The molecule has 0 aromatic heterocycles. The summed E-state index contributed by atoms with van der Waals surface area (Å²) in [4.78, 5) is 13.6. The number of ether oxygens (including phenoxy) is 1. The molecular weight excluding hydrogens is 228 g/mol. The Morgan fingerprint density at radius 2 is 2.06 bits per heavy atom. The standard InChI is InChI=1S/C14H20N2O2/c1-16(10-14(17)15-12-5-6-12)9-11-3-7-13(18-2)8-4-11/h3-4,7-8,12H,5-6,9-10H2,1-2H3,(H,15,17). The third kappa shape index (κ3) is 4.04. The predicted octanol–water partition coefficient (Wildman–Crippen LogP) is 1.41. The van der Waals surface area contributed by atoms with Gasteiger partial charge in [0.25, 0.3) is 0 Å². The smallest absolute Gasteiger partial charge is 0.234 e. The first-order chi connectivity index (χ1) is 8.67. The van der Waals surface area contributed by atoms with Crippen molar-refractivity contribution in [1.82, 2.24) is 10.2 Å². The Balaban J connectivity index is 1.77. The van der Waals surface area contributed by atoms with Crippen LogP contribution in [0.2, 0.25) is 0 Å². The second kappa shape index (κ2) is 5.87. The molecule has 2 rings (SSSR count). The number of carbonyl (C=O) groups is 1. The van der Waals surface area contributed by atoms with Crippen LogP contribution >= 0.6 is 0 Å². The lowest BCUT2D eigenvalue weighted by Crippen LogP contribution is -2.35. The van der Waals surface area contributed by atoms with Crippen LogP contribution in [0.25, 0.3) is 0 Å². The zero-order chi connectivity index (χ0) is 13.0. The lowest BCUT2D eigenvalue weighted by molar-refractivity contribution is -0.122. The molecule has 0 radical (unpaired) electrons. The number of benzene rings is 1. The van der Waals surface area contributed by atoms with Gasteiger partial charge in [-0.25, -0.2) is 0 Å². The first-order valence-electron chi connectivity index (χ1n) is 6.28. The second-order valence-corrected chi connectivity index (χ2v) is 4.86. The maximum atomic E-state index is 11.6. The molecule has 0 spiro atoms. The predicted molar refractivity (Wildman–Crippen MR) is 70.5 cm³/mol. The van der Waals surface area contributed by atoms with Crippen molar-refractivity contribution >= 4 is 5.91 Å². The van der Waals surface area contributed by atoms with Gasteiger partial charge in [-0.05, 0) is 37.6 Å². The highest BCUT2D eigenvalue weighted by Crippen LogP contribution is 2.18. The minimum atomic E-state index is 0.119. The Labute approximate surface area is 108 Å². The molecule has 1 aliphatic rings. The van der Waals surface area contributed by atoms with E-state index in [-0.39, 0.29) is 5.91 Å². The number of nitrogens with one attached hydrogen (secondary N) is 1. The van der Waals surface area contributed by atoms with Gasteiger partial charge in [0.2, 0.25) is 5.91 Å². The van der Waals surface area contributed by atoms with E-state index in [1.807, 2.05) is 36.2 Å². The third-order valence-electron chi connectivity index (χ3n) is 2.97. The van der Waals surface area contributed by atoms with Crippen LogP contribution in [0.3, 0.4) is 0 Å². The molecule has 1 N–H and O–H groups in total. The fraction of sp³-hybridized carbons (Fsp3) is 0.500. The highest BCUT2D eigenvalue weighted by Gasteiger charge is 2.23. The summed E-state index contributed by atoms with van der Waals surface area (Å²) in [7, 11) is 3.61. The molecule has 4 nitrogen and oxygen atoms in total. The number of nitrogens with zero attached hydrogens (tertiary/aromatic N) is 1. The van der Waals surface area contributed by atoms with E-state index in [0.29, 0.717) is 12.6 Å². The van der Waals surface area contributed by atoms with Gasteiger partial charge in [-0.3, -0.25) is 9.69 Å². The van der Waals surface area contributed by atoms with Gasteiger partial charge in [-0.15, -0.1) is 0 Å². The Hall–Kier alpha value is -1.55. The largest absolute Gasteiger partial charge is 0.497 e. The first kappa shape index (κ1) is 12.9. The highest BCUT2D eigenvalue weighted by atomic mass is 16.5. The highest BCUT2D eigenvalue weighted by molar-refractivity contribution is 5.78. The normalized spacial score (nSPS) is 14.6. The molecule has 1 saturated carbocycles. The van der Waals surface area contributed by atoms with E-state index in [1.54, 1.807) is 7.11 Å². The zero-order valence-corrected chi connectivity index (χ0v) is 11.0. The van der Waals surface area contributed by atoms with E-state index in [0.717, 1.165) is 25.1 Å². The maximum Gasteiger partial charge on any atom is 0.234 e. The summed E-state index contributed by atoms with van der Waals surface area (Å²) in [6, 6.07) is 8.36. The van der Waals surface area contributed by atoms with Crippen LogP contribution in [-0.2, 0) is 11.3 Å². The molecule has 1 aromatic carbocycles. The summed E-state index contributed by atoms with van der Waals surface area (Å²) in [5.74, 6) is 0.974. The summed E-state index contributed by atoms with van der Waals surface area (Å²) in [5, 5.41) is 2.99. The zero-order valence-electron chi connectivity index (χ0n) is 11.0. The molecule has 1 aromatic rings. The van der Waals surface area contributed by atoms with Gasteiger partial charge in [0.15, 0.2) is 0 Å². The van der Waals surface area contributed by atoms with Crippen molar-refractivity contribution in [2.24, 2.45) is 0 Å². The number of hydrogen-bond acceptors (Lipinski definition) is 3. The van der Waals surface area contributed by atoms with Crippen molar-refractivity contribution < 1.29 is 9.53 Å². The maximum absolute atomic E-state index is 11.6. The molecule has 0 saturated heterocycles. The molecule has 0 unspecified atom stereocenters. The van der Waals surface area contributed by atoms with Crippen LogP contribution in [0.5, 0.6) is 5.75 Å². The summed E-state index contributed by atoms with van der Waals surface area (Å²) >= 11 is 0. The molecule has 0 bridgehead atoms. The van der Waals surface area contributed by atoms with Gasteiger partial charge in [-0.2, -0.15) is 0 Å². The average Bonchev–Trinajstić information content (AvgIpc) is 3.13. The number of carbonyl (C=O) groups excluding carboxylic acids is 1. The van der Waals surface area contributed by atoms with Crippen LogP contribution in [0.1, 0.15) is 18.4 Å². The van der Waals surface area contributed by atoms with Crippen molar-refractivity contribution in [3.05, 3.63) is 29.8 Å². The fourth-order valence-corrected chi connectivity index (χ4v) is 1.84.